The number of carbonyl (C=O) groups excluding carboxylic acids is 1. The second-order valence-electron chi connectivity index (χ2n) is 4.88. The molecule has 1 aliphatic rings. The number of piperidine rings is 1. The summed E-state index contributed by atoms with van der Waals surface area (Å²) < 4.78 is 5.41. The molecule has 0 spiro atoms. The summed E-state index contributed by atoms with van der Waals surface area (Å²) in [5.41, 5.74) is 0.674. The van der Waals surface area contributed by atoms with Crippen LogP contribution in [0.1, 0.15) is 30.1 Å². The molecule has 2 rings (SSSR count). The Labute approximate surface area is 114 Å². The first-order chi connectivity index (χ1) is 9.24. The predicted octanol–water partition coefficient (Wildman–Crippen LogP) is 1.93. The molecule has 1 fully saturated rings. The van der Waals surface area contributed by atoms with E-state index >= 15 is 0 Å². The van der Waals surface area contributed by atoms with Gasteiger partial charge in [-0.1, -0.05) is 6.07 Å². The Bertz CT molecular complexity index is 425. The standard InChI is InChI=1S/C15H21NO3/c1-2-19-14-5-3-4-13(10-14)15(18)16-8-6-12(11-17)7-9-16/h3-5,10,12,17H,2,6-9,11H2,1H3. The zero-order valence-electron chi connectivity index (χ0n) is 11.3. The first-order valence-corrected chi connectivity index (χ1v) is 6.87. The molecular weight excluding hydrogens is 242 g/mol. The van der Waals surface area contributed by atoms with Crippen molar-refractivity contribution in [2.75, 3.05) is 26.3 Å². The minimum atomic E-state index is 0.0537. The molecule has 0 atom stereocenters. The molecule has 0 unspecified atom stereocenters. The second-order valence-corrected chi connectivity index (χ2v) is 4.88. The molecule has 1 N–H and O–H groups in total. The van der Waals surface area contributed by atoms with E-state index in [-0.39, 0.29) is 12.5 Å². The summed E-state index contributed by atoms with van der Waals surface area (Å²) in [6.07, 6.45) is 1.76. The molecule has 104 valence electrons. The summed E-state index contributed by atoms with van der Waals surface area (Å²) in [6, 6.07) is 7.32. The van der Waals surface area contributed by atoms with Gasteiger partial charge in [0.1, 0.15) is 5.75 Å². The van der Waals surface area contributed by atoms with E-state index in [2.05, 4.69) is 0 Å². The van der Waals surface area contributed by atoms with Gasteiger partial charge in [-0.3, -0.25) is 4.79 Å². The molecule has 1 heterocycles. The van der Waals surface area contributed by atoms with Gasteiger partial charge in [-0.25, -0.2) is 0 Å². The Morgan fingerprint density at radius 3 is 2.79 bits per heavy atom. The van der Waals surface area contributed by atoms with Crippen molar-refractivity contribution in [3.05, 3.63) is 29.8 Å². The van der Waals surface area contributed by atoms with Crippen molar-refractivity contribution < 1.29 is 14.6 Å². The second kappa shape index (κ2) is 6.57. The third-order valence-electron chi connectivity index (χ3n) is 3.55. The maximum atomic E-state index is 12.4. The van der Waals surface area contributed by atoms with E-state index in [0.29, 0.717) is 18.1 Å². The van der Waals surface area contributed by atoms with Crippen molar-refractivity contribution in [3.63, 3.8) is 0 Å². The number of aliphatic hydroxyl groups is 1. The van der Waals surface area contributed by atoms with Crippen LogP contribution in [-0.4, -0.2) is 42.2 Å². The molecule has 19 heavy (non-hydrogen) atoms. The lowest BCUT2D eigenvalue weighted by atomic mass is 9.97. The quantitative estimate of drug-likeness (QED) is 0.903. The summed E-state index contributed by atoms with van der Waals surface area (Å²) in [6.45, 7) is 4.20. The van der Waals surface area contributed by atoms with Crippen molar-refractivity contribution in [2.24, 2.45) is 5.92 Å². The van der Waals surface area contributed by atoms with Gasteiger partial charge in [0.2, 0.25) is 0 Å². The Balaban J connectivity index is 2.01. The number of rotatable bonds is 4. The van der Waals surface area contributed by atoms with Crippen LogP contribution in [0.4, 0.5) is 0 Å². The fourth-order valence-corrected chi connectivity index (χ4v) is 2.39. The lowest BCUT2D eigenvalue weighted by Crippen LogP contribution is -2.39. The van der Waals surface area contributed by atoms with Gasteiger partial charge in [0.15, 0.2) is 0 Å². The SMILES string of the molecule is CCOc1cccc(C(=O)N2CCC(CO)CC2)c1. The number of likely N-dealkylation sites (tertiary alicyclic amines) is 1. The highest BCUT2D eigenvalue weighted by molar-refractivity contribution is 5.94. The average molecular weight is 263 g/mol. The number of carbonyl (C=O) groups is 1. The highest BCUT2D eigenvalue weighted by atomic mass is 16.5. The van der Waals surface area contributed by atoms with Crippen molar-refractivity contribution in [1.29, 1.82) is 0 Å². The van der Waals surface area contributed by atoms with E-state index in [0.717, 1.165) is 31.7 Å². The van der Waals surface area contributed by atoms with Crippen LogP contribution in [0.2, 0.25) is 0 Å². The van der Waals surface area contributed by atoms with Gasteiger partial charge in [-0.2, -0.15) is 0 Å². The van der Waals surface area contributed by atoms with E-state index in [1.54, 1.807) is 6.07 Å². The summed E-state index contributed by atoms with van der Waals surface area (Å²) in [7, 11) is 0. The topological polar surface area (TPSA) is 49.8 Å². The number of hydrogen-bond donors (Lipinski definition) is 1. The number of aliphatic hydroxyl groups excluding tert-OH is 1. The lowest BCUT2D eigenvalue weighted by molar-refractivity contribution is 0.0650. The summed E-state index contributed by atoms with van der Waals surface area (Å²) >= 11 is 0. The van der Waals surface area contributed by atoms with Crippen LogP contribution in [0.15, 0.2) is 24.3 Å². The molecular formula is C15H21NO3. The summed E-state index contributed by atoms with van der Waals surface area (Å²) in [4.78, 5) is 14.2. The van der Waals surface area contributed by atoms with Crippen LogP contribution in [0.5, 0.6) is 5.75 Å². The smallest absolute Gasteiger partial charge is 0.253 e. The highest BCUT2D eigenvalue weighted by Gasteiger charge is 2.23. The summed E-state index contributed by atoms with van der Waals surface area (Å²) in [5.74, 6) is 1.13. The Hall–Kier alpha value is -1.55. The number of ether oxygens (including phenoxy) is 1. The number of amides is 1. The van der Waals surface area contributed by atoms with Crippen molar-refractivity contribution in [3.8, 4) is 5.75 Å². The number of benzene rings is 1. The van der Waals surface area contributed by atoms with Crippen LogP contribution in [-0.2, 0) is 0 Å². The van der Waals surface area contributed by atoms with Gasteiger partial charge in [0.25, 0.3) is 5.91 Å². The third kappa shape index (κ3) is 3.47. The molecule has 0 saturated carbocycles. The van der Waals surface area contributed by atoms with Gasteiger partial charge in [-0.05, 0) is 43.9 Å². The molecule has 0 radical (unpaired) electrons. The molecule has 4 heteroatoms. The van der Waals surface area contributed by atoms with Crippen molar-refractivity contribution in [1.82, 2.24) is 4.90 Å². The van der Waals surface area contributed by atoms with Crippen molar-refractivity contribution in [2.45, 2.75) is 19.8 Å². The van der Waals surface area contributed by atoms with Gasteiger partial charge in [0.05, 0.1) is 6.61 Å². The average Bonchev–Trinajstić information content (AvgIpc) is 2.47. The van der Waals surface area contributed by atoms with Crippen LogP contribution >= 0.6 is 0 Å². The molecule has 1 aliphatic heterocycles. The molecule has 4 nitrogen and oxygen atoms in total. The molecule has 0 aliphatic carbocycles. The van der Waals surface area contributed by atoms with Crippen LogP contribution in [0, 0.1) is 5.92 Å². The summed E-state index contributed by atoms with van der Waals surface area (Å²) in [5, 5.41) is 9.11. The van der Waals surface area contributed by atoms with Gasteiger partial charge in [0, 0.05) is 25.3 Å². The molecule has 0 bridgehead atoms. The predicted molar refractivity (Wildman–Crippen MR) is 73.3 cm³/mol. The fraction of sp³-hybridized carbons (Fsp3) is 0.533. The van der Waals surface area contributed by atoms with E-state index in [4.69, 9.17) is 9.84 Å². The molecule has 1 aromatic carbocycles. The zero-order chi connectivity index (χ0) is 13.7. The first-order valence-electron chi connectivity index (χ1n) is 6.87. The van der Waals surface area contributed by atoms with E-state index in [1.807, 2.05) is 30.0 Å². The Morgan fingerprint density at radius 2 is 2.16 bits per heavy atom. The Kier molecular flexibility index (Phi) is 4.80. The molecule has 0 aromatic heterocycles. The van der Waals surface area contributed by atoms with E-state index in [1.165, 1.54) is 0 Å². The largest absolute Gasteiger partial charge is 0.494 e. The fourth-order valence-electron chi connectivity index (χ4n) is 2.39. The molecule has 1 saturated heterocycles. The van der Waals surface area contributed by atoms with E-state index in [9.17, 15) is 4.79 Å². The van der Waals surface area contributed by atoms with Crippen molar-refractivity contribution >= 4 is 5.91 Å². The number of nitrogens with zero attached hydrogens (tertiary/aromatic N) is 1. The van der Waals surface area contributed by atoms with Crippen LogP contribution in [0.25, 0.3) is 0 Å². The van der Waals surface area contributed by atoms with Crippen LogP contribution in [0.3, 0.4) is 0 Å². The Morgan fingerprint density at radius 1 is 1.42 bits per heavy atom. The zero-order valence-corrected chi connectivity index (χ0v) is 11.3. The monoisotopic (exact) mass is 263 g/mol. The third-order valence-corrected chi connectivity index (χ3v) is 3.55. The van der Waals surface area contributed by atoms with Gasteiger partial charge < -0.3 is 14.7 Å². The minimum Gasteiger partial charge on any atom is -0.494 e. The molecule has 1 amide bonds. The highest BCUT2D eigenvalue weighted by Crippen LogP contribution is 2.20. The lowest BCUT2D eigenvalue weighted by Gasteiger charge is -2.31. The maximum absolute atomic E-state index is 12.4. The first kappa shape index (κ1) is 13.9. The minimum absolute atomic E-state index is 0.0537. The normalized spacial score (nSPS) is 16.4. The molecule has 1 aromatic rings. The van der Waals surface area contributed by atoms with Gasteiger partial charge in [-0.15, -0.1) is 0 Å². The van der Waals surface area contributed by atoms with Crippen LogP contribution < -0.4 is 4.74 Å². The van der Waals surface area contributed by atoms with Gasteiger partial charge >= 0.3 is 0 Å². The maximum Gasteiger partial charge on any atom is 0.253 e. The van der Waals surface area contributed by atoms with E-state index < -0.39 is 0 Å². The number of hydrogen-bond acceptors (Lipinski definition) is 3.